The van der Waals surface area contributed by atoms with Gasteiger partial charge in [0.2, 0.25) is 11.8 Å². The van der Waals surface area contributed by atoms with Crippen molar-refractivity contribution in [1.82, 2.24) is 4.90 Å². The van der Waals surface area contributed by atoms with Gasteiger partial charge in [-0.05, 0) is 24.1 Å². The molecule has 1 fully saturated rings. The standard InChI is InChI=1S/C16H21NO4/c1-3-4-14(18)13-9-15(19)17(16(13)20)10-11-5-7-12(21-2)8-6-11/h5-8,13-14,18H,3-4,9-10H2,1-2H3/t13-,14+/m1/s1. The molecule has 0 radical (unpaired) electrons. The minimum absolute atomic E-state index is 0.107. The van der Waals surface area contributed by atoms with Crippen LogP contribution in [0.2, 0.25) is 0 Å². The van der Waals surface area contributed by atoms with Crippen molar-refractivity contribution >= 4 is 11.8 Å². The summed E-state index contributed by atoms with van der Waals surface area (Å²) in [6.45, 7) is 2.19. The van der Waals surface area contributed by atoms with Crippen molar-refractivity contribution < 1.29 is 19.4 Å². The Balaban J connectivity index is 2.05. The predicted molar refractivity (Wildman–Crippen MR) is 77.6 cm³/mol. The summed E-state index contributed by atoms with van der Waals surface area (Å²) in [4.78, 5) is 25.5. The molecule has 1 saturated heterocycles. The molecule has 2 amide bonds. The molecule has 1 aliphatic heterocycles. The average molecular weight is 291 g/mol. The molecule has 2 rings (SSSR count). The third-order valence-electron chi connectivity index (χ3n) is 3.83. The second-order valence-electron chi connectivity index (χ2n) is 5.33. The van der Waals surface area contributed by atoms with Crippen LogP contribution in [0.1, 0.15) is 31.7 Å². The molecule has 0 unspecified atom stereocenters. The van der Waals surface area contributed by atoms with E-state index in [0.29, 0.717) is 6.42 Å². The molecular weight excluding hydrogens is 270 g/mol. The summed E-state index contributed by atoms with van der Waals surface area (Å²) >= 11 is 0. The summed E-state index contributed by atoms with van der Waals surface area (Å²) in [5.74, 6) is -0.336. The summed E-state index contributed by atoms with van der Waals surface area (Å²) in [6.07, 6.45) is 0.709. The quantitative estimate of drug-likeness (QED) is 0.811. The van der Waals surface area contributed by atoms with Gasteiger partial charge in [-0.1, -0.05) is 25.5 Å². The summed E-state index contributed by atoms with van der Waals surface area (Å²) in [5, 5.41) is 9.97. The molecule has 5 nitrogen and oxygen atoms in total. The smallest absolute Gasteiger partial charge is 0.235 e. The zero-order valence-corrected chi connectivity index (χ0v) is 12.4. The van der Waals surface area contributed by atoms with Crippen LogP contribution in [0.25, 0.3) is 0 Å². The number of nitrogens with zero attached hydrogens (tertiary/aromatic N) is 1. The van der Waals surface area contributed by atoms with Gasteiger partial charge in [-0.3, -0.25) is 14.5 Å². The molecule has 5 heteroatoms. The van der Waals surface area contributed by atoms with Gasteiger partial charge in [-0.2, -0.15) is 0 Å². The number of benzene rings is 1. The van der Waals surface area contributed by atoms with Gasteiger partial charge in [0.05, 0.1) is 25.7 Å². The highest BCUT2D eigenvalue weighted by molar-refractivity contribution is 6.03. The maximum absolute atomic E-state index is 12.3. The van der Waals surface area contributed by atoms with E-state index >= 15 is 0 Å². The molecule has 1 aromatic rings. The van der Waals surface area contributed by atoms with E-state index in [1.54, 1.807) is 19.2 Å². The normalized spacial score (nSPS) is 20.0. The highest BCUT2D eigenvalue weighted by Gasteiger charge is 2.41. The lowest BCUT2D eigenvalue weighted by Crippen LogP contribution is -2.33. The van der Waals surface area contributed by atoms with Crippen LogP contribution in [0.4, 0.5) is 0 Å². The van der Waals surface area contributed by atoms with E-state index in [0.717, 1.165) is 17.7 Å². The summed E-state index contributed by atoms with van der Waals surface area (Å²) in [7, 11) is 1.59. The monoisotopic (exact) mass is 291 g/mol. The number of likely N-dealkylation sites (tertiary alicyclic amines) is 1. The third-order valence-corrected chi connectivity index (χ3v) is 3.83. The number of methoxy groups -OCH3 is 1. The first kappa shape index (κ1) is 15.5. The first-order chi connectivity index (χ1) is 10.1. The van der Waals surface area contributed by atoms with Crippen LogP contribution in [0.5, 0.6) is 5.75 Å². The van der Waals surface area contributed by atoms with E-state index in [9.17, 15) is 14.7 Å². The fourth-order valence-electron chi connectivity index (χ4n) is 2.59. The Bertz CT molecular complexity index is 512. The van der Waals surface area contributed by atoms with Crippen LogP contribution in [0, 0.1) is 5.92 Å². The first-order valence-electron chi connectivity index (χ1n) is 7.22. The Morgan fingerprint density at radius 3 is 2.57 bits per heavy atom. The van der Waals surface area contributed by atoms with Gasteiger partial charge in [0.15, 0.2) is 0 Å². The van der Waals surface area contributed by atoms with Gasteiger partial charge in [-0.15, -0.1) is 0 Å². The van der Waals surface area contributed by atoms with Crippen molar-refractivity contribution in [3.05, 3.63) is 29.8 Å². The number of aliphatic hydroxyl groups excluding tert-OH is 1. The maximum Gasteiger partial charge on any atom is 0.235 e. The third kappa shape index (κ3) is 3.42. The first-order valence-corrected chi connectivity index (χ1v) is 7.22. The Kier molecular flexibility index (Phi) is 4.96. The lowest BCUT2D eigenvalue weighted by molar-refractivity contribution is -0.141. The molecule has 0 spiro atoms. The molecule has 1 N–H and O–H groups in total. The topological polar surface area (TPSA) is 66.8 Å². The van der Waals surface area contributed by atoms with Crippen molar-refractivity contribution in [1.29, 1.82) is 0 Å². The van der Waals surface area contributed by atoms with Gasteiger partial charge in [-0.25, -0.2) is 0 Å². The number of imide groups is 1. The summed E-state index contributed by atoms with van der Waals surface area (Å²) in [5.41, 5.74) is 0.864. The van der Waals surface area contributed by atoms with Gasteiger partial charge in [0.1, 0.15) is 5.75 Å². The number of rotatable bonds is 6. The lowest BCUT2D eigenvalue weighted by atomic mass is 9.97. The minimum atomic E-state index is -0.729. The van der Waals surface area contributed by atoms with Crippen molar-refractivity contribution in [2.75, 3.05) is 7.11 Å². The predicted octanol–water partition coefficient (Wildman–Crippen LogP) is 1.73. The fourth-order valence-corrected chi connectivity index (χ4v) is 2.59. The van der Waals surface area contributed by atoms with E-state index in [1.807, 2.05) is 19.1 Å². The number of carbonyl (C=O) groups is 2. The average Bonchev–Trinajstić information content (AvgIpc) is 2.76. The van der Waals surface area contributed by atoms with Gasteiger partial charge >= 0.3 is 0 Å². The molecule has 1 heterocycles. The largest absolute Gasteiger partial charge is 0.497 e. The Hall–Kier alpha value is -1.88. The van der Waals surface area contributed by atoms with Crippen LogP contribution in [-0.2, 0) is 16.1 Å². The highest BCUT2D eigenvalue weighted by atomic mass is 16.5. The zero-order valence-electron chi connectivity index (χ0n) is 12.4. The van der Waals surface area contributed by atoms with E-state index < -0.39 is 12.0 Å². The molecule has 1 aliphatic rings. The van der Waals surface area contributed by atoms with Crippen molar-refractivity contribution in [3.63, 3.8) is 0 Å². The number of aliphatic hydroxyl groups is 1. The number of ether oxygens (including phenoxy) is 1. The molecule has 0 aromatic heterocycles. The van der Waals surface area contributed by atoms with Crippen LogP contribution < -0.4 is 4.74 Å². The Morgan fingerprint density at radius 2 is 2.00 bits per heavy atom. The molecule has 0 saturated carbocycles. The fraction of sp³-hybridized carbons (Fsp3) is 0.500. The number of hydrogen-bond donors (Lipinski definition) is 1. The molecule has 2 atom stereocenters. The highest BCUT2D eigenvalue weighted by Crippen LogP contribution is 2.26. The van der Waals surface area contributed by atoms with E-state index in [-0.39, 0.29) is 24.8 Å². The van der Waals surface area contributed by atoms with Crippen LogP contribution in [0.3, 0.4) is 0 Å². The van der Waals surface area contributed by atoms with Crippen LogP contribution in [0.15, 0.2) is 24.3 Å². The molecule has 0 aliphatic carbocycles. The van der Waals surface area contributed by atoms with Crippen molar-refractivity contribution in [2.45, 2.75) is 38.8 Å². The molecule has 114 valence electrons. The SMILES string of the molecule is CCC[C@H](O)[C@H]1CC(=O)N(Cc2ccc(OC)cc2)C1=O. The van der Waals surface area contributed by atoms with Crippen molar-refractivity contribution in [3.8, 4) is 5.75 Å². The van der Waals surface area contributed by atoms with E-state index in [4.69, 9.17) is 4.74 Å². The van der Waals surface area contributed by atoms with E-state index in [1.165, 1.54) is 4.90 Å². The Morgan fingerprint density at radius 1 is 1.33 bits per heavy atom. The number of amides is 2. The zero-order chi connectivity index (χ0) is 15.4. The van der Waals surface area contributed by atoms with E-state index in [2.05, 4.69) is 0 Å². The van der Waals surface area contributed by atoms with Gasteiger partial charge < -0.3 is 9.84 Å². The molecule has 0 bridgehead atoms. The van der Waals surface area contributed by atoms with Crippen LogP contribution >= 0.6 is 0 Å². The van der Waals surface area contributed by atoms with Crippen LogP contribution in [-0.4, -0.2) is 35.0 Å². The maximum atomic E-state index is 12.3. The second kappa shape index (κ2) is 6.72. The summed E-state index contributed by atoms with van der Waals surface area (Å²) in [6, 6.07) is 7.25. The number of hydrogen-bond acceptors (Lipinski definition) is 4. The molecule has 21 heavy (non-hydrogen) atoms. The number of carbonyl (C=O) groups excluding carboxylic acids is 2. The van der Waals surface area contributed by atoms with Crippen molar-refractivity contribution in [2.24, 2.45) is 5.92 Å². The molecular formula is C16H21NO4. The second-order valence-corrected chi connectivity index (χ2v) is 5.33. The summed E-state index contributed by atoms with van der Waals surface area (Å²) < 4.78 is 5.08. The lowest BCUT2D eigenvalue weighted by Gasteiger charge is -2.18. The van der Waals surface area contributed by atoms with Gasteiger partial charge in [0, 0.05) is 6.42 Å². The molecule has 1 aromatic carbocycles. The minimum Gasteiger partial charge on any atom is -0.497 e. The van der Waals surface area contributed by atoms with Gasteiger partial charge in [0.25, 0.3) is 0 Å². The Labute approximate surface area is 124 Å².